The fourth-order valence-corrected chi connectivity index (χ4v) is 5.94. The Kier molecular flexibility index (Phi) is 8.24. The van der Waals surface area contributed by atoms with Crippen LogP contribution in [0.3, 0.4) is 0 Å². The SMILES string of the molecule is C=C(CCc1ccc(C(=O)OCCO)s1)[C@@H]1[C@@H](c2cc(Cl)cc(Cl)c2)[C@H](O)C[C@H]1Cl. The lowest BCUT2D eigenvalue weighted by atomic mass is 9.82. The molecule has 1 aromatic heterocycles. The van der Waals surface area contributed by atoms with Crippen LogP contribution >= 0.6 is 46.1 Å². The Morgan fingerprint density at radius 2 is 1.93 bits per heavy atom. The van der Waals surface area contributed by atoms with Crippen LogP contribution in [0.4, 0.5) is 0 Å². The average molecular weight is 490 g/mol. The molecule has 1 saturated carbocycles. The minimum absolute atomic E-state index is 0.0150. The van der Waals surface area contributed by atoms with E-state index in [9.17, 15) is 9.90 Å². The maximum absolute atomic E-state index is 11.9. The van der Waals surface area contributed by atoms with Gasteiger partial charge in [-0.15, -0.1) is 22.9 Å². The van der Waals surface area contributed by atoms with Crippen LogP contribution in [0, 0.1) is 5.92 Å². The highest BCUT2D eigenvalue weighted by Gasteiger charge is 2.43. The summed E-state index contributed by atoms with van der Waals surface area (Å²) in [4.78, 5) is 13.4. The summed E-state index contributed by atoms with van der Waals surface area (Å²) in [7, 11) is 0. The van der Waals surface area contributed by atoms with E-state index in [1.165, 1.54) is 11.3 Å². The molecule has 0 aliphatic heterocycles. The molecule has 1 aliphatic carbocycles. The monoisotopic (exact) mass is 488 g/mol. The summed E-state index contributed by atoms with van der Waals surface area (Å²) in [5.74, 6) is -0.759. The van der Waals surface area contributed by atoms with E-state index < -0.39 is 12.1 Å². The molecule has 1 aliphatic rings. The fourth-order valence-electron chi connectivity index (χ4n) is 3.98. The smallest absolute Gasteiger partial charge is 0.348 e. The maximum atomic E-state index is 11.9. The van der Waals surface area contributed by atoms with Crippen molar-refractivity contribution >= 4 is 52.1 Å². The maximum Gasteiger partial charge on any atom is 0.348 e. The predicted octanol–water partition coefficient (Wildman–Crippen LogP) is 5.46. The number of hydrogen-bond donors (Lipinski definition) is 2. The molecule has 30 heavy (non-hydrogen) atoms. The van der Waals surface area contributed by atoms with Gasteiger partial charge in [0.25, 0.3) is 0 Å². The van der Waals surface area contributed by atoms with Crippen LogP contribution in [-0.2, 0) is 11.2 Å². The van der Waals surface area contributed by atoms with Crippen LogP contribution in [0.5, 0.6) is 0 Å². The summed E-state index contributed by atoms with van der Waals surface area (Å²) < 4.78 is 4.94. The van der Waals surface area contributed by atoms with E-state index >= 15 is 0 Å². The second kappa shape index (κ2) is 10.5. The quantitative estimate of drug-likeness (QED) is 0.293. The highest BCUT2D eigenvalue weighted by atomic mass is 35.5. The molecule has 2 N–H and O–H groups in total. The number of benzene rings is 1. The molecule has 0 radical (unpaired) electrons. The third-order valence-electron chi connectivity index (χ3n) is 5.28. The highest BCUT2D eigenvalue weighted by molar-refractivity contribution is 7.13. The van der Waals surface area contributed by atoms with Crippen LogP contribution in [0.2, 0.25) is 10.0 Å². The number of carbonyl (C=O) groups excluding carboxylic acids is 1. The van der Waals surface area contributed by atoms with Gasteiger partial charge in [-0.3, -0.25) is 0 Å². The van der Waals surface area contributed by atoms with Gasteiger partial charge in [-0.2, -0.15) is 0 Å². The molecule has 162 valence electrons. The van der Waals surface area contributed by atoms with Gasteiger partial charge in [-0.25, -0.2) is 4.79 Å². The van der Waals surface area contributed by atoms with Crippen molar-refractivity contribution in [1.29, 1.82) is 0 Å². The molecule has 2 aromatic rings. The number of alkyl halides is 1. The largest absolute Gasteiger partial charge is 0.459 e. The van der Waals surface area contributed by atoms with E-state index in [2.05, 4.69) is 6.58 Å². The molecule has 4 atom stereocenters. The number of aliphatic hydroxyl groups is 2. The summed E-state index contributed by atoms with van der Waals surface area (Å²) in [5, 5.41) is 20.2. The predicted molar refractivity (Wildman–Crippen MR) is 122 cm³/mol. The Bertz CT molecular complexity index is 893. The van der Waals surface area contributed by atoms with Crippen LogP contribution in [0.1, 0.15) is 38.9 Å². The van der Waals surface area contributed by atoms with E-state index in [0.29, 0.717) is 34.2 Å². The number of aliphatic hydroxyl groups excluding tert-OH is 2. The molecule has 0 amide bonds. The van der Waals surface area contributed by atoms with Crippen molar-refractivity contribution in [2.75, 3.05) is 13.2 Å². The second-order valence-corrected chi connectivity index (χ2v) is 9.96. The lowest BCUT2D eigenvalue weighted by Crippen LogP contribution is -2.20. The van der Waals surface area contributed by atoms with E-state index in [1.54, 1.807) is 12.1 Å². The second-order valence-electron chi connectivity index (χ2n) is 7.36. The Balaban J connectivity index is 1.69. The highest BCUT2D eigenvalue weighted by Crippen LogP contribution is 2.47. The van der Waals surface area contributed by atoms with Gasteiger partial charge < -0.3 is 14.9 Å². The summed E-state index contributed by atoms with van der Waals surface area (Å²) in [6, 6.07) is 8.92. The number of hydrogen-bond acceptors (Lipinski definition) is 5. The van der Waals surface area contributed by atoms with Gasteiger partial charge in [0.05, 0.1) is 12.7 Å². The van der Waals surface area contributed by atoms with Crippen molar-refractivity contribution < 1.29 is 19.7 Å². The van der Waals surface area contributed by atoms with Crippen LogP contribution in [-0.4, -0.2) is 40.9 Å². The number of allylic oxidation sites excluding steroid dienone is 1. The average Bonchev–Trinajstić information content (AvgIpc) is 3.27. The molecule has 0 bridgehead atoms. The zero-order chi connectivity index (χ0) is 21.8. The number of carbonyl (C=O) groups is 1. The van der Waals surface area contributed by atoms with Gasteiger partial charge in [0.2, 0.25) is 0 Å². The molecule has 1 heterocycles. The Hall–Kier alpha value is -1.08. The lowest BCUT2D eigenvalue weighted by Gasteiger charge is -2.26. The first-order valence-corrected chi connectivity index (χ1v) is 11.6. The number of rotatable bonds is 8. The molecule has 0 spiro atoms. The molecule has 0 unspecified atom stereocenters. The molecule has 1 aromatic carbocycles. The number of esters is 1. The van der Waals surface area contributed by atoms with E-state index in [0.717, 1.165) is 16.0 Å². The van der Waals surface area contributed by atoms with Gasteiger partial charge in [0, 0.05) is 32.1 Å². The van der Waals surface area contributed by atoms with Gasteiger partial charge in [0.15, 0.2) is 0 Å². The Morgan fingerprint density at radius 3 is 2.60 bits per heavy atom. The van der Waals surface area contributed by atoms with Gasteiger partial charge >= 0.3 is 5.97 Å². The van der Waals surface area contributed by atoms with Crippen molar-refractivity contribution in [2.24, 2.45) is 5.92 Å². The molecule has 3 rings (SSSR count). The molecule has 1 fully saturated rings. The standard InChI is InChI=1S/C22H23Cl3O4S/c1-12(2-3-16-4-5-19(30-16)22(28)29-7-6-26)20-17(25)11-18(27)21(20)13-8-14(23)10-15(24)9-13/h4-5,8-10,17-18,20-21,26-27H,1-3,6-7,11H2/t17-,18-,20+,21+/m1/s1. The molecule has 4 nitrogen and oxygen atoms in total. The summed E-state index contributed by atoms with van der Waals surface area (Å²) in [6.45, 7) is 4.05. The first kappa shape index (κ1) is 23.6. The van der Waals surface area contributed by atoms with Gasteiger partial charge in [-0.1, -0.05) is 35.4 Å². The number of halogens is 3. The summed E-state index contributed by atoms with van der Waals surface area (Å²) in [6.07, 6.45) is 1.26. The molecular weight excluding hydrogens is 467 g/mol. The minimum Gasteiger partial charge on any atom is -0.459 e. The van der Waals surface area contributed by atoms with Crippen LogP contribution in [0.15, 0.2) is 42.5 Å². The third-order valence-corrected chi connectivity index (χ3v) is 7.29. The molecule has 8 heteroatoms. The first-order valence-electron chi connectivity index (χ1n) is 9.62. The number of aryl methyl sites for hydroxylation is 1. The van der Waals surface area contributed by atoms with E-state index in [-0.39, 0.29) is 30.4 Å². The number of ether oxygens (including phenoxy) is 1. The van der Waals surface area contributed by atoms with Crippen molar-refractivity contribution in [3.05, 3.63) is 67.8 Å². The van der Waals surface area contributed by atoms with E-state index in [1.807, 2.05) is 18.2 Å². The van der Waals surface area contributed by atoms with Gasteiger partial charge in [-0.05, 0) is 55.2 Å². The lowest BCUT2D eigenvalue weighted by molar-refractivity contribution is 0.0439. The van der Waals surface area contributed by atoms with Crippen LogP contribution < -0.4 is 0 Å². The van der Waals surface area contributed by atoms with Crippen molar-refractivity contribution in [1.82, 2.24) is 0 Å². The zero-order valence-corrected chi connectivity index (χ0v) is 19.3. The topological polar surface area (TPSA) is 66.8 Å². The van der Waals surface area contributed by atoms with Crippen molar-refractivity contribution in [3.63, 3.8) is 0 Å². The Labute approximate surface area is 195 Å². The van der Waals surface area contributed by atoms with E-state index in [4.69, 9.17) is 44.6 Å². The molecule has 0 saturated heterocycles. The summed E-state index contributed by atoms with van der Waals surface area (Å²) >= 11 is 20.3. The summed E-state index contributed by atoms with van der Waals surface area (Å²) in [5.41, 5.74) is 1.81. The number of thiophene rings is 1. The fraction of sp³-hybridized carbons (Fsp3) is 0.409. The van der Waals surface area contributed by atoms with Crippen LogP contribution in [0.25, 0.3) is 0 Å². The van der Waals surface area contributed by atoms with Crippen molar-refractivity contribution in [2.45, 2.75) is 36.7 Å². The minimum atomic E-state index is -0.599. The normalized spacial score (nSPS) is 23.5. The third kappa shape index (κ3) is 5.58. The Morgan fingerprint density at radius 1 is 1.23 bits per heavy atom. The van der Waals surface area contributed by atoms with Gasteiger partial charge in [0.1, 0.15) is 11.5 Å². The zero-order valence-electron chi connectivity index (χ0n) is 16.2. The first-order chi connectivity index (χ1) is 14.3. The van der Waals surface area contributed by atoms with Crippen molar-refractivity contribution in [3.8, 4) is 0 Å². The molecular formula is C22H23Cl3O4S.